The minimum atomic E-state index is 0.649. The summed E-state index contributed by atoms with van der Waals surface area (Å²) in [5, 5.41) is 0. The van der Waals surface area contributed by atoms with Crippen LogP contribution < -0.4 is 4.90 Å². The molecule has 1 atom stereocenters. The quantitative estimate of drug-likeness (QED) is 0.703. The van der Waals surface area contributed by atoms with Gasteiger partial charge in [0, 0.05) is 18.4 Å². The van der Waals surface area contributed by atoms with Gasteiger partial charge in [-0.1, -0.05) is 37.3 Å². The van der Waals surface area contributed by atoms with Gasteiger partial charge in [0.15, 0.2) is 0 Å². The average Bonchev–Trinajstić information content (AvgIpc) is 2.29. The number of allylic oxidation sites excluding steroid dienone is 4. The molecule has 1 aromatic rings. The van der Waals surface area contributed by atoms with E-state index in [1.54, 1.807) is 0 Å². The van der Waals surface area contributed by atoms with Gasteiger partial charge >= 0.3 is 0 Å². The molecule has 0 amide bonds. The SMILES string of the molecule is CC1C=CC=C(N(C)c2ccccc2)C1. The van der Waals surface area contributed by atoms with Crippen molar-refractivity contribution in [3.63, 3.8) is 0 Å². The first-order valence-corrected chi connectivity index (χ1v) is 5.43. The van der Waals surface area contributed by atoms with Crippen molar-refractivity contribution >= 4 is 5.69 Å². The molecule has 1 heteroatoms. The highest BCUT2D eigenvalue weighted by Gasteiger charge is 2.11. The maximum absolute atomic E-state index is 2.26. The largest absolute Gasteiger partial charge is 0.348 e. The zero-order valence-electron chi connectivity index (χ0n) is 9.35. The van der Waals surface area contributed by atoms with Crippen LogP contribution in [0.4, 0.5) is 5.69 Å². The van der Waals surface area contributed by atoms with Gasteiger partial charge in [-0.15, -0.1) is 0 Å². The molecule has 1 nitrogen and oxygen atoms in total. The minimum absolute atomic E-state index is 0.649. The van der Waals surface area contributed by atoms with Crippen molar-refractivity contribution in [3.05, 3.63) is 54.3 Å². The van der Waals surface area contributed by atoms with Crippen LogP contribution in [-0.2, 0) is 0 Å². The Hall–Kier alpha value is -1.50. The molecule has 0 saturated carbocycles. The Kier molecular flexibility index (Phi) is 2.91. The summed E-state index contributed by atoms with van der Waals surface area (Å²) in [4.78, 5) is 2.26. The van der Waals surface area contributed by atoms with E-state index in [0.717, 1.165) is 6.42 Å². The second-order valence-corrected chi connectivity index (χ2v) is 4.12. The van der Waals surface area contributed by atoms with Crippen LogP contribution >= 0.6 is 0 Å². The van der Waals surface area contributed by atoms with Crippen LogP contribution in [0.3, 0.4) is 0 Å². The van der Waals surface area contributed by atoms with Crippen LogP contribution in [0.5, 0.6) is 0 Å². The molecule has 0 aliphatic heterocycles. The predicted octanol–water partition coefficient (Wildman–Crippen LogP) is 3.60. The second kappa shape index (κ2) is 4.35. The maximum atomic E-state index is 2.26. The average molecular weight is 199 g/mol. The van der Waals surface area contributed by atoms with Gasteiger partial charge in [-0.25, -0.2) is 0 Å². The van der Waals surface area contributed by atoms with Crippen LogP contribution in [0.2, 0.25) is 0 Å². The summed E-state index contributed by atoms with van der Waals surface area (Å²) in [5.41, 5.74) is 2.64. The topological polar surface area (TPSA) is 3.24 Å². The standard InChI is InChI=1S/C14H17N/c1-12-7-6-10-14(11-12)15(2)13-8-4-3-5-9-13/h3-10,12H,11H2,1-2H3. The van der Waals surface area contributed by atoms with Gasteiger partial charge in [0.05, 0.1) is 0 Å². The van der Waals surface area contributed by atoms with Crippen LogP contribution in [-0.4, -0.2) is 7.05 Å². The minimum Gasteiger partial charge on any atom is -0.348 e. The van der Waals surface area contributed by atoms with Crippen LogP contribution in [0.25, 0.3) is 0 Å². The second-order valence-electron chi connectivity index (χ2n) is 4.12. The number of para-hydroxylation sites is 1. The van der Waals surface area contributed by atoms with Crippen molar-refractivity contribution in [2.24, 2.45) is 5.92 Å². The molecule has 0 N–H and O–H groups in total. The highest BCUT2D eigenvalue weighted by molar-refractivity contribution is 5.51. The number of anilines is 1. The predicted molar refractivity (Wildman–Crippen MR) is 65.8 cm³/mol. The van der Waals surface area contributed by atoms with Crippen LogP contribution in [0, 0.1) is 5.92 Å². The lowest BCUT2D eigenvalue weighted by molar-refractivity contribution is 0.691. The van der Waals surface area contributed by atoms with Gasteiger partial charge in [-0.05, 0) is 30.5 Å². The lowest BCUT2D eigenvalue weighted by Crippen LogP contribution is -2.19. The van der Waals surface area contributed by atoms with E-state index in [0.29, 0.717) is 5.92 Å². The maximum Gasteiger partial charge on any atom is 0.0405 e. The number of hydrogen-bond acceptors (Lipinski definition) is 1. The first-order chi connectivity index (χ1) is 7.27. The van der Waals surface area contributed by atoms with Crippen molar-refractivity contribution < 1.29 is 0 Å². The molecule has 0 aromatic heterocycles. The lowest BCUT2D eigenvalue weighted by Gasteiger charge is -2.26. The van der Waals surface area contributed by atoms with Crippen molar-refractivity contribution in [1.29, 1.82) is 0 Å². The number of hydrogen-bond donors (Lipinski definition) is 0. The molecule has 15 heavy (non-hydrogen) atoms. The van der Waals surface area contributed by atoms with Crippen molar-refractivity contribution in [2.45, 2.75) is 13.3 Å². The molecule has 0 heterocycles. The van der Waals surface area contributed by atoms with E-state index < -0.39 is 0 Å². The Balaban J connectivity index is 2.18. The Morgan fingerprint density at radius 1 is 1.20 bits per heavy atom. The fourth-order valence-corrected chi connectivity index (χ4v) is 1.89. The smallest absolute Gasteiger partial charge is 0.0405 e. The first kappa shape index (κ1) is 10.0. The van der Waals surface area contributed by atoms with Gasteiger partial charge < -0.3 is 4.90 Å². The van der Waals surface area contributed by atoms with Gasteiger partial charge in [-0.2, -0.15) is 0 Å². The first-order valence-electron chi connectivity index (χ1n) is 5.43. The summed E-state index contributed by atoms with van der Waals surface area (Å²) >= 11 is 0. The van der Waals surface area contributed by atoms with E-state index >= 15 is 0 Å². The molecular weight excluding hydrogens is 182 g/mol. The molecule has 1 aliphatic carbocycles. The van der Waals surface area contributed by atoms with E-state index in [-0.39, 0.29) is 0 Å². The third kappa shape index (κ3) is 2.30. The third-order valence-corrected chi connectivity index (χ3v) is 2.83. The summed E-state index contributed by atoms with van der Waals surface area (Å²) in [6.45, 7) is 2.25. The summed E-state index contributed by atoms with van der Waals surface area (Å²) in [6, 6.07) is 10.5. The molecule has 0 bridgehead atoms. The highest BCUT2D eigenvalue weighted by Crippen LogP contribution is 2.24. The number of rotatable bonds is 2. The summed E-state index contributed by atoms with van der Waals surface area (Å²) in [7, 11) is 2.13. The van der Waals surface area contributed by atoms with Gasteiger partial charge in [0.1, 0.15) is 0 Å². The Bertz CT molecular complexity index is 376. The molecule has 0 spiro atoms. The van der Waals surface area contributed by atoms with E-state index in [9.17, 15) is 0 Å². The van der Waals surface area contributed by atoms with Crippen molar-refractivity contribution in [2.75, 3.05) is 11.9 Å². The van der Waals surface area contributed by atoms with Crippen molar-refractivity contribution in [1.82, 2.24) is 0 Å². The van der Waals surface area contributed by atoms with Crippen LogP contribution in [0.15, 0.2) is 54.3 Å². The fourth-order valence-electron chi connectivity index (χ4n) is 1.89. The Morgan fingerprint density at radius 2 is 1.93 bits per heavy atom. The van der Waals surface area contributed by atoms with E-state index in [1.165, 1.54) is 11.4 Å². The zero-order chi connectivity index (χ0) is 10.7. The van der Waals surface area contributed by atoms with Gasteiger partial charge in [0.2, 0.25) is 0 Å². The fraction of sp³-hybridized carbons (Fsp3) is 0.286. The molecule has 0 fully saturated rings. The summed E-state index contributed by atoms with van der Waals surface area (Å²) < 4.78 is 0. The molecule has 0 radical (unpaired) electrons. The molecule has 1 aliphatic rings. The van der Waals surface area contributed by atoms with Crippen LogP contribution in [0.1, 0.15) is 13.3 Å². The van der Waals surface area contributed by atoms with E-state index in [2.05, 4.69) is 67.4 Å². The molecule has 2 rings (SSSR count). The van der Waals surface area contributed by atoms with E-state index in [4.69, 9.17) is 0 Å². The highest BCUT2D eigenvalue weighted by atomic mass is 15.1. The molecule has 1 aromatic carbocycles. The molecule has 1 unspecified atom stereocenters. The zero-order valence-corrected chi connectivity index (χ0v) is 9.35. The normalized spacial score (nSPS) is 19.9. The van der Waals surface area contributed by atoms with Crippen molar-refractivity contribution in [3.8, 4) is 0 Å². The number of nitrogens with zero attached hydrogens (tertiary/aromatic N) is 1. The number of benzene rings is 1. The lowest BCUT2D eigenvalue weighted by atomic mass is 9.99. The van der Waals surface area contributed by atoms with E-state index in [1.807, 2.05) is 0 Å². The molecule has 0 saturated heterocycles. The Labute approximate surface area is 91.7 Å². The summed E-state index contributed by atoms with van der Waals surface area (Å²) in [6.07, 6.45) is 7.74. The summed E-state index contributed by atoms with van der Waals surface area (Å²) in [5.74, 6) is 0.649. The molecule has 78 valence electrons. The third-order valence-electron chi connectivity index (χ3n) is 2.83. The monoisotopic (exact) mass is 199 g/mol. The van der Waals surface area contributed by atoms with Gasteiger partial charge in [0.25, 0.3) is 0 Å². The Morgan fingerprint density at radius 3 is 2.60 bits per heavy atom. The molecular formula is C14H17N. The van der Waals surface area contributed by atoms with Gasteiger partial charge in [-0.3, -0.25) is 0 Å².